The van der Waals surface area contributed by atoms with Crippen LogP contribution in [-0.4, -0.2) is 49.2 Å². The smallest absolute Gasteiger partial charge is 0.271 e. The average Bonchev–Trinajstić information content (AvgIpc) is 3.24. The Labute approximate surface area is 173 Å². The molecule has 0 bridgehead atoms. The van der Waals surface area contributed by atoms with Crippen LogP contribution < -0.4 is 0 Å². The van der Waals surface area contributed by atoms with E-state index in [4.69, 9.17) is 11.6 Å². The lowest BCUT2D eigenvalue weighted by atomic mass is 9.90. The number of likely N-dealkylation sites (tertiary alicyclic amines) is 1. The summed E-state index contributed by atoms with van der Waals surface area (Å²) in [5.41, 5.74) is 3.68. The van der Waals surface area contributed by atoms with Gasteiger partial charge in [0.05, 0.1) is 18.0 Å². The number of aliphatic hydroxyl groups is 1. The molecule has 0 saturated carbocycles. The Morgan fingerprint density at radius 2 is 2.10 bits per heavy atom. The number of aromatic amines is 1. The Balaban J connectivity index is 1.44. The number of H-pyrrole nitrogens is 1. The van der Waals surface area contributed by atoms with E-state index in [1.54, 1.807) is 18.3 Å². The summed E-state index contributed by atoms with van der Waals surface area (Å²) in [5.74, 6) is 0.846. The second-order valence-corrected chi connectivity index (χ2v) is 7.67. The highest BCUT2D eigenvalue weighted by atomic mass is 35.5. The van der Waals surface area contributed by atoms with Gasteiger partial charge in [0.25, 0.3) is 5.91 Å². The quantitative estimate of drug-likeness (QED) is 0.686. The highest BCUT2D eigenvalue weighted by molar-refractivity contribution is 6.30. The van der Waals surface area contributed by atoms with Gasteiger partial charge in [0, 0.05) is 41.4 Å². The standard InChI is InChI=1S/C21H22ClN5O2/c1-13-23-11-16(12-28)20(24-13)14-5-7-27(8-6-14)21(29)19-10-18(25-26-19)15-3-2-4-17(22)9-15/h2-4,9-11,14,28H,5-8,12H2,1H3,(H,25,26). The van der Waals surface area contributed by atoms with Crippen molar-refractivity contribution in [2.24, 2.45) is 0 Å². The zero-order valence-corrected chi connectivity index (χ0v) is 16.9. The molecule has 1 saturated heterocycles. The van der Waals surface area contributed by atoms with E-state index >= 15 is 0 Å². The molecule has 8 heteroatoms. The zero-order valence-electron chi connectivity index (χ0n) is 16.1. The second kappa shape index (κ2) is 8.31. The molecule has 0 aliphatic carbocycles. The summed E-state index contributed by atoms with van der Waals surface area (Å²) in [5, 5.41) is 17.3. The lowest BCUT2D eigenvalue weighted by Gasteiger charge is -2.32. The fourth-order valence-corrected chi connectivity index (χ4v) is 3.93. The lowest BCUT2D eigenvalue weighted by molar-refractivity contribution is 0.0705. The summed E-state index contributed by atoms with van der Waals surface area (Å²) in [4.78, 5) is 23.4. The highest BCUT2D eigenvalue weighted by Crippen LogP contribution is 2.30. The molecule has 1 amide bonds. The fraction of sp³-hybridized carbons (Fsp3) is 0.333. The van der Waals surface area contributed by atoms with Crippen molar-refractivity contribution in [3.05, 3.63) is 64.3 Å². The van der Waals surface area contributed by atoms with Crippen molar-refractivity contribution < 1.29 is 9.90 Å². The van der Waals surface area contributed by atoms with Crippen molar-refractivity contribution in [2.45, 2.75) is 32.3 Å². The molecule has 0 radical (unpaired) electrons. The van der Waals surface area contributed by atoms with Crippen LogP contribution in [0, 0.1) is 6.92 Å². The predicted molar refractivity (Wildman–Crippen MR) is 110 cm³/mol. The number of aromatic nitrogens is 4. The van der Waals surface area contributed by atoms with Crippen LogP contribution in [0.3, 0.4) is 0 Å². The van der Waals surface area contributed by atoms with Gasteiger partial charge in [-0.2, -0.15) is 5.10 Å². The number of halogens is 1. The Hall–Kier alpha value is -2.77. The van der Waals surface area contributed by atoms with Crippen LogP contribution in [0.15, 0.2) is 36.5 Å². The third-order valence-electron chi connectivity index (χ3n) is 5.29. The summed E-state index contributed by atoms with van der Waals surface area (Å²) < 4.78 is 0. The summed E-state index contributed by atoms with van der Waals surface area (Å²) in [7, 11) is 0. The van der Waals surface area contributed by atoms with E-state index < -0.39 is 0 Å². The van der Waals surface area contributed by atoms with E-state index in [1.807, 2.05) is 30.0 Å². The zero-order chi connectivity index (χ0) is 20.4. The van der Waals surface area contributed by atoms with Crippen LogP contribution in [0.4, 0.5) is 0 Å². The first kappa shape index (κ1) is 19.5. The number of carbonyl (C=O) groups excluding carboxylic acids is 1. The van der Waals surface area contributed by atoms with Gasteiger partial charge < -0.3 is 10.0 Å². The molecule has 2 N–H and O–H groups in total. The van der Waals surface area contributed by atoms with Crippen LogP contribution >= 0.6 is 11.6 Å². The van der Waals surface area contributed by atoms with Crippen molar-refractivity contribution in [1.82, 2.24) is 25.1 Å². The van der Waals surface area contributed by atoms with Gasteiger partial charge in [0.1, 0.15) is 11.5 Å². The first-order chi connectivity index (χ1) is 14.0. The average molecular weight is 412 g/mol. The minimum Gasteiger partial charge on any atom is -0.392 e. The monoisotopic (exact) mass is 411 g/mol. The van der Waals surface area contributed by atoms with Gasteiger partial charge in [0.15, 0.2) is 0 Å². The van der Waals surface area contributed by atoms with Gasteiger partial charge in [-0.15, -0.1) is 0 Å². The number of piperidine rings is 1. The lowest BCUT2D eigenvalue weighted by Crippen LogP contribution is -2.38. The predicted octanol–water partition coefficient (Wildman–Crippen LogP) is 3.34. The molecule has 7 nitrogen and oxygen atoms in total. The number of amides is 1. The number of rotatable bonds is 4. The summed E-state index contributed by atoms with van der Waals surface area (Å²) >= 11 is 6.04. The van der Waals surface area contributed by atoms with Crippen molar-refractivity contribution in [3.63, 3.8) is 0 Å². The number of benzene rings is 1. The highest BCUT2D eigenvalue weighted by Gasteiger charge is 2.28. The number of hydrogen-bond acceptors (Lipinski definition) is 5. The Bertz CT molecular complexity index is 1030. The van der Waals surface area contributed by atoms with Crippen molar-refractivity contribution in [3.8, 4) is 11.3 Å². The topological polar surface area (TPSA) is 95.0 Å². The molecule has 1 aliphatic rings. The molecule has 0 atom stereocenters. The molecule has 150 valence electrons. The number of carbonyl (C=O) groups is 1. The van der Waals surface area contributed by atoms with Gasteiger partial charge in [-0.1, -0.05) is 23.7 Å². The molecular weight excluding hydrogens is 390 g/mol. The summed E-state index contributed by atoms with van der Waals surface area (Å²) in [6.45, 7) is 3.03. The minimum absolute atomic E-state index is 0.0644. The number of aryl methyl sites for hydroxylation is 1. The maximum Gasteiger partial charge on any atom is 0.271 e. The molecule has 3 heterocycles. The van der Waals surface area contributed by atoms with Crippen molar-refractivity contribution in [1.29, 1.82) is 0 Å². The molecule has 29 heavy (non-hydrogen) atoms. The van der Waals surface area contributed by atoms with E-state index in [0.717, 1.165) is 29.7 Å². The minimum atomic E-state index is -0.0742. The summed E-state index contributed by atoms with van der Waals surface area (Å²) in [6.07, 6.45) is 3.28. The van der Waals surface area contributed by atoms with E-state index in [1.165, 1.54) is 0 Å². The molecule has 1 aromatic carbocycles. The maximum atomic E-state index is 12.9. The van der Waals surface area contributed by atoms with Gasteiger partial charge in [0.2, 0.25) is 0 Å². The Morgan fingerprint density at radius 3 is 2.83 bits per heavy atom. The number of nitrogens with zero attached hydrogens (tertiary/aromatic N) is 4. The molecule has 0 spiro atoms. The first-order valence-corrected chi connectivity index (χ1v) is 9.97. The van der Waals surface area contributed by atoms with Gasteiger partial charge in [-0.3, -0.25) is 9.89 Å². The molecule has 1 fully saturated rings. The van der Waals surface area contributed by atoms with Crippen LogP contribution in [0.2, 0.25) is 5.02 Å². The second-order valence-electron chi connectivity index (χ2n) is 7.23. The molecule has 2 aromatic heterocycles. The van der Waals surface area contributed by atoms with E-state index in [9.17, 15) is 9.90 Å². The van der Waals surface area contributed by atoms with Crippen LogP contribution in [0.5, 0.6) is 0 Å². The van der Waals surface area contributed by atoms with Gasteiger partial charge >= 0.3 is 0 Å². The third kappa shape index (κ3) is 4.16. The maximum absolute atomic E-state index is 12.9. The van der Waals surface area contributed by atoms with Crippen LogP contribution in [0.1, 0.15) is 46.3 Å². The van der Waals surface area contributed by atoms with E-state index in [0.29, 0.717) is 35.3 Å². The number of nitrogens with one attached hydrogen (secondary N) is 1. The Kier molecular flexibility index (Phi) is 5.60. The largest absolute Gasteiger partial charge is 0.392 e. The van der Waals surface area contributed by atoms with E-state index in [-0.39, 0.29) is 18.4 Å². The van der Waals surface area contributed by atoms with Crippen molar-refractivity contribution >= 4 is 17.5 Å². The number of aliphatic hydroxyl groups excluding tert-OH is 1. The molecule has 1 aliphatic heterocycles. The molecule has 4 rings (SSSR count). The van der Waals surface area contributed by atoms with Gasteiger partial charge in [-0.25, -0.2) is 9.97 Å². The van der Waals surface area contributed by atoms with E-state index in [2.05, 4.69) is 20.2 Å². The summed E-state index contributed by atoms with van der Waals surface area (Å²) in [6, 6.07) is 9.14. The fourth-order valence-electron chi connectivity index (χ4n) is 3.74. The molecule has 0 unspecified atom stereocenters. The SMILES string of the molecule is Cc1ncc(CO)c(C2CCN(C(=O)c3cc(-c4cccc(Cl)c4)n[nH]3)CC2)n1. The molecular formula is C21H22ClN5O2. The Morgan fingerprint density at radius 1 is 1.31 bits per heavy atom. The van der Waals surface area contributed by atoms with Gasteiger partial charge in [-0.05, 0) is 38.0 Å². The van der Waals surface area contributed by atoms with Crippen molar-refractivity contribution in [2.75, 3.05) is 13.1 Å². The normalized spacial score (nSPS) is 14.9. The molecule has 3 aromatic rings. The first-order valence-electron chi connectivity index (χ1n) is 9.59. The van der Waals surface area contributed by atoms with Crippen LogP contribution in [0.25, 0.3) is 11.3 Å². The van der Waals surface area contributed by atoms with Crippen LogP contribution in [-0.2, 0) is 6.61 Å². The third-order valence-corrected chi connectivity index (χ3v) is 5.52. The number of hydrogen-bond donors (Lipinski definition) is 2.